The van der Waals surface area contributed by atoms with Gasteiger partial charge in [0.05, 0.1) is 11.4 Å². The van der Waals surface area contributed by atoms with Crippen molar-refractivity contribution < 1.29 is 8.42 Å². The quantitative estimate of drug-likeness (QED) is 0.824. The van der Waals surface area contributed by atoms with Crippen molar-refractivity contribution in [1.29, 1.82) is 0 Å². The molecule has 0 bridgehead atoms. The second-order valence-corrected chi connectivity index (χ2v) is 7.42. The highest BCUT2D eigenvalue weighted by molar-refractivity contribution is 7.89. The fraction of sp³-hybridized carbons (Fsp3) is 0.750. The predicted molar refractivity (Wildman–Crippen MR) is 71.3 cm³/mol. The van der Waals surface area contributed by atoms with Gasteiger partial charge in [-0.3, -0.25) is 5.10 Å². The molecule has 0 amide bonds. The number of aromatic amines is 1. The fourth-order valence-corrected chi connectivity index (χ4v) is 5.11. The molecule has 2 aliphatic rings. The van der Waals surface area contributed by atoms with Gasteiger partial charge in [0.15, 0.2) is 0 Å². The van der Waals surface area contributed by atoms with Crippen LogP contribution < -0.4 is 5.32 Å². The minimum atomic E-state index is -3.42. The largest absolute Gasteiger partial charge is 0.312 e. The first-order chi connectivity index (χ1) is 9.00. The van der Waals surface area contributed by atoms with Crippen LogP contribution >= 0.6 is 0 Å². The number of piperidine rings is 1. The Labute approximate surface area is 113 Å². The van der Waals surface area contributed by atoms with Crippen LogP contribution in [-0.2, 0) is 10.0 Å². The van der Waals surface area contributed by atoms with Crippen molar-refractivity contribution >= 4 is 10.0 Å². The lowest BCUT2D eigenvalue weighted by atomic mass is 9.94. The smallest absolute Gasteiger partial charge is 0.246 e. The lowest BCUT2D eigenvalue weighted by Gasteiger charge is -2.24. The number of aryl methyl sites for hydroxylation is 2. The van der Waals surface area contributed by atoms with Crippen molar-refractivity contribution in [3.8, 4) is 0 Å². The summed E-state index contributed by atoms with van der Waals surface area (Å²) in [6.45, 7) is 5.70. The number of H-pyrrole nitrogens is 1. The van der Waals surface area contributed by atoms with E-state index < -0.39 is 10.0 Å². The predicted octanol–water partition coefficient (Wildman–Crippen LogP) is 0.399. The maximum atomic E-state index is 12.7. The fourth-order valence-electron chi connectivity index (χ4n) is 3.25. The Bertz CT molecular complexity index is 547. The summed E-state index contributed by atoms with van der Waals surface area (Å²) in [5, 5.41) is 10.2. The van der Waals surface area contributed by atoms with E-state index >= 15 is 0 Å². The van der Waals surface area contributed by atoms with Gasteiger partial charge in [0.1, 0.15) is 4.90 Å². The van der Waals surface area contributed by atoms with Crippen LogP contribution in [0.2, 0.25) is 0 Å². The average molecular weight is 284 g/mol. The topological polar surface area (TPSA) is 78.1 Å². The van der Waals surface area contributed by atoms with Crippen LogP contribution in [0, 0.1) is 19.8 Å². The van der Waals surface area contributed by atoms with Crippen LogP contribution in [0.25, 0.3) is 0 Å². The summed E-state index contributed by atoms with van der Waals surface area (Å²) >= 11 is 0. The van der Waals surface area contributed by atoms with Crippen LogP contribution in [0.5, 0.6) is 0 Å². The summed E-state index contributed by atoms with van der Waals surface area (Å²) < 4.78 is 27.1. The van der Waals surface area contributed by atoms with Crippen LogP contribution in [0.1, 0.15) is 24.2 Å². The zero-order valence-electron chi connectivity index (χ0n) is 11.3. The summed E-state index contributed by atoms with van der Waals surface area (Å²) in [6, 6.07) is 0.316. The van der Waals surface area contributed by atoms with E-state index in [1.807, 2.05) is 0 Å². The zero-order chi connectivity index (χ0) is 13.6. The van der Waals surface area contributed by atoms with E-state index in [0.717, 1.165) is 19.4 Å². The molecule has 2 atom stereocenters. The van der Waals surface area contributed by atoms with Crippen molar-refractivity contribution in [2.24, 2.45) is 5.92 Å². The third-order valence-corrected chi connectivity index (χ3v) is 6.32. The summed E-state index contributed by atoms with van der Waals surface area (Å²) in [5.74, 6) is 0.455. The molecule has 0 aromatic carbocycles. The third-order valence-electron chi connectivity index (χ3n) is 4.22. The molecule has 2 aliphatic heterocycles. The lowest BCUT2D eigenvalue weighted by molar-refractivity contribution is 0.339. The maximum Gasteiger partial charge on any atom is 0.246 e. The standard InChI is InChI=1S/C12H20N4O2S/c1-8-12(9(2)15-14-8)19(17,18)16-6-10-4-3-5-13-11(10)7-16/h10-11,13H,3-7H2,1-2H3,(H,14,15). The van der Waals surface area contributed by atoms with Gasteiger partial charge in [-0.05, 0) is 39.2 Å². The molecular formula is C12H20N4O2S. The molecule has 0 aliphatic carbocycles. The van der Waals surface area contributed by atoms with E-state index in [0.29, 0.717) is 41.3 Å². The van der Waals surface area contributed by atoms with Gasteiger partial charge < -0.3 is 5.32 Å². The molecule has 2 fully saturated rings. The number of aromatic nitrogens is 2. The third kappa shape index (κ3) is 2.09. The molecule has 19 heavy (non-hydrogen) atoms. The highest BCUT2D eigenvalue weighted by Crippen LogP contribution is 2.30. The molecule has 3 rings (SSSR count). The average Bonchev–Trinajstić information content (AvgIpc) is 2.93. The normalized spacial score (nSPS) is 28.5. The molecule has 6 nitrogen and oxygen atoms in total. The minimum absolute atomic E-state index is 0.316. The van der Waals surface area contributed by atoms with Gasteiger partial charge in [-0.1, -0.05) is 0 Å². The molecule has 106 valence electrons. The Hall–Kier alpha value is -0.920. The lowest BCUT2D eigenvalue weighted by Crippen LogP contribution is -2.41. The first-order valence-corrected chi connectivity index (χ1v) is 8.19. The number of hydrogen-bond donors (Lipinski definition) is 2. The van der Waals surface area contributed by atoms with Gasteiger partial charge in [0.25, 0.3) is 0 Å². The number of nitrogens with one attached hydrogen (secondary N) is 2. The maximum absolute atomic E-state index is 12.7. The number of rotatable bonds is 2. The summed E-state index contributed by atoms with van der Waals surface area (Å²) in [5.41, 5.74) is 1.18. The second-order valence-electron chi connectivity index (χ2n) is 5.55. The molecule has 2 unspecified atom stereocenters. The second kappa shape index (κ2) is 4.57. The number of fused-ring (bicyclic) bond motifs is 1. The Balaban J connectivity index is 1.90. The van der Waals surface area contributed by atoms with E-state index in [4.69, 9.17) is 0 Å². The van der Waals surface area contributed by atoms with Gasteiger partial charge in [0, 0.05) is 19.1 Å². The van der Waals surface area contributed by atoms with Crippen LogP contribution in [-0.4, -0.2) is 48.6 Å². The molecule has 1 aromatic rings. The van der Waals surface area contributed by atoms with Gasteiger partial charge in [-0.15, -0.1) is 0 Å². The van der Waals surface area contributed by atoms with E-state index in [1.165, 1.54) is 0 Å². The van der Waals surface area contributed by atoms with Crippen molar-refractivity contribution in [1.82, 2.24) is 19.8 Å². The molecule has 2 N–H and O–H groups in total. The van der Waals surface area contributed by atoms with E-state index in [-0.39, 0.29) is 0 Å². The van der Waals surface area contributed by atoms with Crippen molar-refractivity contribution in [3.63, 3.8) is 0 Å². The Morgan fingerprint density at radius 2 is 2.11 bits per heavy atom. The molecule has 3 heterocycles. The van der Waals surface area contributed by atoms with Crippen molar-refractivity contribution in [2.45, 2.75) is 37.6 Å². The van der Waals surface area contributed by atoms with Crippen LogP contribution in [0.15, 0.2) is 4.90 Å². The monoisotopic (exact) mass is 284 g/mol. The van der Waals surface area contributed by atoms with Gasteiger partial charge in [-0.2, -0.15) is 9.40 Å². The molecular weight excluding hydrogens is 264 g/mol. The Morgan fingerprint density at radius 3 is 2.74 bits per heavy atom. The molecule has 0 spiro atoms. The summed E-state index contributed by atoms with van der Waals surface area (Å²) in [7, 11) is -3.42. The van der Waals surface area contributed by atoms with Crippen molar-refractivity contribution in [3.05, 3.63) is 11.4 Å². The number of nitrogens with zero attached hydrogens (tertiary/aromatic N) is 2. The molecule has 2 saturated heterocycles. The first kappa shape index (κ1) is 13.1. The van der Waals surface area contributed by atoms with E-state index in [9.17, 15) is 8.42 Å². The van der Waals surface area contributed by atoms with Crippen molar-refractivity contribution in [2.75, 3.05) is 19.6 Å². The van der Waals surface area contributed by atoms with Gasteiger partial charge in [-0.25, -0.2) is 8.42 Å². The van der Waals surface area contributed by atoms with Crippen LogP contribution in [0.4, 0.5) is 0 Å². The number of hydrogen-bond acceptors (Lipinski definition) is 4. The SMILES string of the molecule is Cc1n[nH]c(C)c1S(=O)(=O)N1CC2CCCNC2C1. The Morgan fingerprint density at radius 1 is 1.32 bits per heavy atom. The number of sulfonamides is 1. The van der Waals surface area contributed by atoms with Gasteiger partial charge >= 0.3 is 0 Å². The summed E-state index contributed by atoms with van der Waals surface area (Å²) in [4.78, 5) is 0.353. The minimum Gasteiger partial charge on any atom is -0.312 e. The van der Waals surface area contributed by atoms with E-state index in [2.05, 4.69) is 15.5 Å². The van der Waals surface area contributed by atoms with Crippen LogP contribution in [0.3, 0.4) is 0 Å². The first-order valence-electron chi connectivity index (χ1n) is 6.75. The molecule has 1 aromatic heterocycles. The highest BCUT2D eigenvalue weighted by Gasteiger charge is 2.41. The summed E-state index contributed by atoms with van der Waals surface area (Å²) in [6.07, 6.45) is 2.26. The zero-order valence-corrected chi connectivity index (χ0v) is 12.1. The van der Waals surface area contributed by atoms with E-state index in [1.54, 1.807) is 18.2 Å². The molecule has 0 saturated carbocycles. The molecule has 7 heteroatoms. The van der Waals surface area contributed by atoms with Gasteiger partial charge in [0.2, 0.25) is 10.0 Å². The molecule has 0 radical (unpaired) electrons. The highest BCUT2D eigenvalue weighted by atomic mass is 32.2. The Kier molecular flexibility index (Phi) is 3.15.